The number of benzene rings is 2. The van der Waals surface area contributed by atoms with Crippen molar-refractivity contribution in [2.24, 2.45) is 0 Å². The van der Waals surface area contributed by atoms with E-state index in [0.717, 1.165) is 11.4 Å². The number of aromatic hydroxyl groups is 1. The van der Waals surface area contributed by atoms with Gasteiger partial charge in [0.2, 0.25) is 0 Å². The van der Waals surface area contributed by atoms with E-state index in [9.17, 15) is 18.3 Å². The van der Waals surface area contributed by atoms with E-state index in [4.69, 9.17) is 4.74 Å². The Kier molecular flexibility index (Phi) is 4.86. The van der Waals surface area contributed by atoms with Crippen LogP contribution in [0.15, 0.2) is 48.8 Å². The van der Waals surface area contributed by atoms with E-state index >= 15 is 0 Å². The molecule has 0 bridgehead atoms. The number of halogens is 3. The van der Waals surface area contributed by atoms with Gasteiger partial charge in [-0.15, -0.1) is 0 Å². The molecular formula is C21H20F3N3O2. The minimum Gasteiger partial charge on any atom is -0.502 e. The maximum absolute atomic E-state index is 13.9. The second-order valence-corrected chi connectivity index (χ2v) is 7.04. The van der Waals surface area contributed by atoms with E-state index < -0.39 is 17.5 Å². The van der Waals surface area contributed by atoms with Gasteiger partial charge < -0.3 is 14.7 Å². The van der Waals surface area contributed by atoms with Crippen LogP contribution in [0.1, 0.15) is 12.8 Å². The van der Waals surface area contributed by atoms with Crippen LogP contribution in [0.5, 0.6) is 11.5 Å². The van der Waals surface area contributed by atoms with Gasteiger partial charge in [0.05, 0.1) is 19.0 Å². The number of methoxy groups -OCH3 is 1. The third-order valence-electron chi connectivity index (χ3n) is 5.14. The lowest BCUT2D eigenvalue weighted by Gasteiger charge is -2.33. The predicted molar refractivity (Wildman–Crippen MR) is 104 cm³/mol. The maximum Gasteiger partial charge on any atom is 0.251 e. The van der Waals surface area contributed by atoms with Crippen LogP contribution >= 0.6 is 0 Å². The van der Waals surface area contributed by atoms with Crippen molar-refractivity contribution in [3.8, 4) is 28.3 Å². The monoisotopic (exact) mass is 403 g/mol. The number of piperidine rings is 1. The summed E-state index contributed by atoms with van der Waals surface area (Å²) < 4.78 is 47.2. The van der Waals surface area contributed by atoms with E-state index in [2.05, 4.69) is 5.10 Å². The number of alkyl halides is 2. The number of nitrogens with zero attached hydrogens (tertiary/aromatic N) is 3. The van der Waals surface area contributed by atoms with Crippen LogP contribution in [0.4, 0.5) is 18.9 Å². The summed E-state index contributed by atoms with van der Waals surface area (Å²) in [4.78, 5) is 1.95. The van der Waals surface area contributed by atoms with Crippen LogP contribution in [0.2, 0.25) is 0 Å². The highest BCUT2D eigenvalue weighted by Crippen LogP contribution is 2.35. The standard InChI is InChI=1S/C21H20F3N3O2/c1-29-19-11-14(10-18(22)20(19)28)15-12-25-27(13-15)17-4-2-16(3-5-17)26-8-6-21(23,24)7-9-26/h2-5,10-13,28H,6-9H2,1H3. The van der Waals surface area contributed by atoms with Gasteiger partial charge in [-0.05, 0) is 42.0 Å². The molecule has 1 fully saturated rings. The van der Waals surface area contributed by atoms with E-state index in [1.807, 2.05) is 29.2 Å². The van der Waals surface area contributed by atoms with Gasteiger partial charge in [-0.1, -0.05) is 0 Å². The summed E-state index contributed by atoms with van der Waals surface area (Å²) in [5, 5.41) is 14.0. The number of aromatic nitrogens is 2. The molecule has 0 amide bonds. The molecule has 29 heavy (non-hydrogen) atoms. The van der Waals surface area contributed by atoms with Gasteiger partial charge in [-0.2, -0.15) is 5.10 Å². The van der Waals surface area contributed by atoms with E-state index in [0.29, 0.717) is 24.2 Å². The molecule has 0 spiro atoms. The van der Waals surface area contributed by atoms with Gasteiger partial charge in [-0.25, -0.2) is 17.9 Å². The Labute approximate surface area is 166 Å². The van der Waals surface area contributed by atoms with Crippen LogP contribution in [-0.4, -0.2) is 41.0 Å². The van der Waals surface area contributed by atoms with Crippen molar-refractivity contribution >= 4 is 5.69 Å². The van der Waals surface area contributed by atoms with Crippen molar-refractivity contribution in [3.63, 3.8) is 0 Å². The lowest BCUT2D eigenvalue weighted by Crippen LogP contribution is -2.39. The fourth-order valence-corrected chi connectivity index (χ4v) is 3.42. The summed E-state index contributed by atoms with van der Waals surface area (Å²) in [6.07, 6.45) is 3.06. The summed E-state index contributed by atoms with van der Waals surface area (Å²) in [7, 11) is 1.35. The van der Waals surface area contributed by atoms with Crippen molar-refractivity contribution in [1.29, 1.82) is 0 Å². The number of hydrogen-bond acceptors (Lipinski definition) is 4. The Balaban J connectivity index is 1.54. The Morgan fingerprint density at radius 2 is 1.69 bits per heavy atom. The molecule has 1 saturated heterocycles. The highest BCUT2D eigenvalue weighted by atomic mass is 19.3. The zero-order valence-electron chi connectivity index (χ0n) is 15.8. The molecule has 2 heterocycles. The topological polar surface area (TPSA) is 50.5 Å². The lowest BCUT2D eigenvalue weighted by atomic mass is 10.1. The zero-order chi connectivity index (χ0) is 20.6. The Morgan fingerprint density at radius 1 is 1.03 bits per heavy atom. The third-order valence-corrected chi connectivity index (χ3v) is 5.14. The molecule has 2 aromatic carbocycles. The summed E-state index contributed by atoms with van der Waals surface area (Å²) >= 11 is 0. The number of phenolic OH excluding ortho intramolecular Hbond substituents is 1. The minimum absolute atomic E-state index is 0.0456. The smallest absolute Gasteiger partial charge is 0.251 e. The Bertz CT molecular complexity index is 1010. The Hall–Kier alpha value is -3.16. The van der Waals surface area contributed by atoms with Crippen molar-refractivity contribution in [3.05, 3.63) is 54.6 Å². The maximum atomic E-state index is 13.9. The number of rotatable bonds is 4. The lowest BCUT2D eigenvalue weighted by molar-refractivity contribution is -0.0220. The molecule has 0 aliphatic carbocycles. The first kappa shape index (κ1) is 19.2. The van der Waals surface area contributed by atoms with Crippen LogP contribution in [0.25, 0.3) is 16.8 Å². The van der Waals surface area contributed by atoms with Crippen molar-refractivity contribution < 1.29 is 23.0 Å². The van der Waals surface area contributed by atoms with Crippen molar-refractivity contribution in [1.82, 2.24) is 9.78 Å². The van der Waals surface area contributed by atoms with Gasteiger partial charge in [0, 0.05) is 43.4 Å². The van der Waals surface area contributed by atoms with Crippen molar-refractivity contribution in [2.75, 3.05) is 25.1 Å². The fourth-order valence-electron chi connectivity index (χ4n) is 3.42. The first-order valence-electron chi connectivity index (χ1n) is 9.21. The van der Waals surface area contributed by atoms with Crippen LogP contribution < -0.4 is 9.64 Å². The highest BCUT2D eigenvalue weighted by molar-refractivity contribution is 5.66. The Morgan fingerprint density at radius 3 is 2.34 bits per heavy atom. The molecule has 8 heteroatoms. The average Bonchev–Trinajstić information content (AvgIpc) is 3.20. The summed E-state index contributed by atoms with van der Waals surface area (Å²) in [6.45, 7) is 0.652. The largest absolute Gasteiger partial charge is 0.502 e. The van der Waals surface area contributed by atoms with Crippen molar-refractivity contribution in [2.45, 2.75) is 18.8 Å². The zero-order valence-corrected chi connectivity index (χ0v) is 15.8. The molecule has 152 valence electrons. The fraction of sp³-hybridized carbons (Fsp3) is 0.286. The summed E-state index contributed by atoms with van der Waals surface area (Å²) in [5.41, 5.74) is 2.86. The van der Waals surface area contributed by atoms with Crippen LogP contribution in [-0.2, 0) is 0 Å². The molecule has 5 nitrogen and oxygen atoms in total. The molecule has 3 aromatic rings. The molecule has 0 radical (unpaired) electrons. The van der Waals surface area contributed by atoms with Crippen LogP contribution in [0, 0.1) is 5.82 Å². The van der Waals surface area contributed by atoms with Gasteiger partial charge in [0.1, 0.15) is 0 Å². The SMILES string of the molecule is COc1cc(-c2cnn(-c3ccc(N4CCC(F)(F)CC4)cc3)c2)cc(F)c1O. The second kappa shape index (κ2) is 7.35. The quantitative estimate of drug-likeness (QED) is 0.690. The molecule has 1 aromatic heterocycles. The molecule has 1 aliphatic rings. The molecule has 0 saturated carbocycles. The van der Waals surface area contributed by atoms with Gasteiger partial charge >= 0.3 is 0 Å². The summed E-state index contributed by atoms with van der Waals surface area (Å²) in [5.74, 6) is -3.83. The molecule has 0 atom stereocenters. The molecule has 0 unspecified atom stereocenters. The first-order valence-corrected chi connectivity index (χ1v) is 9.21. The highest BCUT2D eigenvalue weighted by Gasteiger charge is 2.33. The molecule has 4 rings (SSSR count). The van der Waals surface area contributed by atoms with E-state index in [-0.39, 0.29) is 18.6 Å². The average molecular weight is 403 g/mol. The third kappa shape index (κ3) is 3.87. The van der Waals surface area contributed by atoms with Gasteiger partial charge in [0.25, 0.3) is 5.92 Å². The number of ether oxygens (including phenoxy) is 1. The van der Waals surface area contributed by atoms with Gasteiger partial charge in [-0.3, -0.25) is 0 Å². The second-order valence-electron chi connectivity index (χ2n) is 7.04. The molecule has 1 aliphatic heterocycles. The van der Waals surface area contributed by atoms with Crippen LogP contribution in [0.3, 0.4) is 0 Å². The normalized spacial score (nSPS) is 16.1. The van der Waals surface area contributed by atoms with E-state index in [1.165, 1.54) is 19.2 Å². The number of phenols is 1. The summed E-state index contributed by atoms with van der Waals surface area (Å²) in [6, 6.07) is 10.2. The number of anilines is 1. The van der Waals surface area contributed by atoms with Gasteiger partial charge in [0.15, 0.2) is 17.3 Å². The first-order chi connectivity index (χ1) is 13.9. The predicted octanol–water partition coefficient (Wildman–Crippen LogP) is 4.63. The van der Waals surface area contributed by atoms with E-state index in [1.54, 1.807) is 17.1 Å². The minimum atomic E-state index is -2.57. The number of hydrogen-bond donors (Lipinski definition) is 1. The molecule has 1 N–H and O–H groups in total. The molecular weight excluding hydrogens is 383 g/mol.